The Morgan fingerprint density at radius 2 is 1.84 bits per heavy atom. The maximum atomic E-state index is 13.0. The fourth-order valence-corrected chi connectivity index (χ4v) is 2.86. The molecule has 0 aromatic heterocycles. The monoisotopic (exact) mass is 361 g/mol. The Bertz CT molecular complexity index is 782. The van der Waals surface area contributed by atoms with Gasteiger partial charge in [0, 0.05) is 30.3 Å². The van der Waals surface area contributed by atoms with Crippen molar-refractivity contribution >= 4 is 29.2 Å². The Kier molecular flexibility index (Phi) is 5.19. The van der Waals surface area contributed by atoms with Gasteiger partial charge in [0.1, 0.15) is 12.4 Å². The second-order valence-corrected chi connectivity index (χ2v) is 6.11. The van der Waals surface area contributed by atoms with Gasteiger partial charge in [-0.2, -0.15) is 0 Å². The van der Waals surface area contributed by atoms with Gasteiger partial charge in [0.2, 0.25) is 5.91 Å². The van der Waals surface area contributed by atoms with E-state index in [1.807, 2.05) is 18.2 Å². The lowest BCUT2D eigenvalue weighted by Gasteiger charge is -2.18. The van der Waals surface area contributed by atoms with Crippen LogP contribution in [0.1, 0.15) is 5.56 Å². The standard InChI is InChI=1S/C18H17ClFN3O2/c19-16-4-2-1-3-13(16)11-21-17(24)12-22-9-10-23(18(22)25)15-7-5-14(20)6-8-15/h1-8H,9-12H2,(H,21,24). The number of hydrogen-bond donors (Lipinski definition) is 1. The fourth-order valence-electron chi connectivity index (χ4n) is 2.65. The first-order chi connectivity index (χ1) is 12.0. The Balaban J connectivity index is 1.55. The number of hydrogen-bond acceptors (Lipinski definition) is 2. The lowest BCUT2D eigenvalue weighted by Crippen LogP contribution is -2.39. The Morgan fingerprint density at radius 1 is 1.12 bits per heavy atom. The van der Waals surface area contributed by atoms with E-state index in [1.165, 1.54) is 21.9 Å². The highest BCUT2D eigenvalue weighted by Gasteiger charge is 2.30. The van der Waals surface area contributed by atoms with E-state index in [4.69, 9.17) is 11.6 Å². The van der Waals surface area contributed by atoms with Crippen molar-refractivity contribution in [1.82, 2.24) is 10.2 Å². The number of benzene rings is 2. The summed E-state index contributed by atoms with van der Waals surface area (Å²) in [5, 5.41) is 3.35. The number of urea groups is 1. The smallest absolute Gasteiger partial charge is 0.325 e. The molecule has 3 rings (SSSR count). The molecule has 0 saturated carbocycles. The van der Waals surface area contributed by atoms with Gasteiger partial charge in [0.05, 0.1) is 0 Å². The van der Waals surface area contributed by atoms with Crippen molar-refractivity contribution < 1.29 is 14.0 Å². The van der Waals surface area contributed by atoms with Gasteiger partial charge in [-0.05, 0) is 35.9 Å². The summed E-state index contributed by atoms with van der Waals surface area (Å²) in [5.74, 6) is -0.611. The van der Waals surface area contributed by atoms with Gasteiger partial charge in [-0.1, -0.05) is 29.8 Å². The molecule has 1 saturated heterocycles. The van der Waals surface area contributed by atoms with Gasteiger partial charge < -0.3 is 10.2 Å². The number of anilines is 1. The van der Waals surface area contributed by atoms with Gasteiger partial charge in [-0.15, -0.1) is 0 Å². The summed E-state index contributed by atoms with van der Waals surface area (Å²) in [7, 11) is 0. The van der Waals surface area contributed by atoms with Gasteiger partial charge in [-0.3, -0.25) is 9.69 Å². The Morgan fingerprint density at radius 3 is 2.56 bits per heavy atom. The molecule has 7 heteroatoms. The van der Waals surface area contributed by atoms with E-state index in [2.05, 4.69) is 5.32 Å². The van der Waals surface area contributed by atoms with Crippen LogP contribution >= 0.6 is 11.6 Å². The van der Waals surface area contributed by atoms with E-state index in [0.717, 1.165) is 5.56 Å². The minimum atomic E-state index is -0.355. The van der Waals surface area contributed by atoms with Crippen LogP contribution in [-0.2, 0) is 11.3 Å². The molecule has 130 valence electrons. The number of nitrogens with zero attached hydrogens (tertiary/aromatic N) is 2. The number of rotatable bonds is 5. The van der Waals surface area contributed by atoms with E-state index in [9.17, 15) is 14.0 Å². The predicted molar refractivity (Wildman–Crippen MR) is 94.0 cm³/mol. The summed E-state index contributed by atoms with van der Waals surface area (Å²) in [5.41, 5.74) is 1.43. The molecular weight excluding hydrogens is 345 g/mol. The maximum absolute atomic E-state index is 13.0. The van der Waals surface area contributed by atoms with Crippen molar-refractivity contribution in [2.24, 2.45) is 0 Å². The van der Waals surface area contributed by atoms with Crippen LogP contribution in [0, 0.1) is 5.82 Å². The summed E-state index contributed by atoms with van der Waals surface area (Å²) in [6, 6.07) is 12.7. The zero-order valence-electron chi connectivity index (χ0n) is 13.4. The zero-order valence-corrected chi connectivity index (χ0v) is 14.2. The first-order valence-electron chi connectivity index (χ1n) is 7.87. The molecule has 0 atom stereocenters. The van der Waals surface area contributed by atoms with Crippen LogP contribution in [0.2, 0.25) is 5.02 Å². The highest BCUT2D eigenvalue weighted by atomic mass is 35.5. The molecule has 1 aliphatic heterocycles. The van der Waals surface area contributed by atoms with Gasteiger partial charge in [-0.25, -0.2) is 9.18 Å². The number of nitrogens with one attached hydrogen (secondary N) is 1. The second-order valence-electron chi connectivity index (χ2n) is 5.70. The molecule has 0 radical (unpaired) electrons. The lowest BCUT2D eigenvalue weighted by atomic mass is 10.2. The van der Waals surface area contributed by atoms with E-state index < -0.39 is 0 Å². The first kappa shape index (κ1) is 17.2. The largest absolute Gasteiger partial charge is 0.350 e. The van der Waals surface area contributed by atoms with Crippen LogP contribution in [0.15, 0.2) is 48.5 Å². The fraction of sp³-hybridized carbons (Fsp3) is 0.222. The average Bonchev–Trinajstić information content (AvgIpc) is 2.96. The van der Waals surface area contributed by atoms with Gasteiger partial charge in [0.25, 0.3) is 0 Å². The van der Waals surface area contributed by atoms with E-state index in [1.54, 1.807) is 18.2 Å². The summed E-state index contributed by atoms with van der Waals surface area (Å²) in [6.07, 6.45) is 0. The minimum absolute atomic E-state index is 0.0268. The van der Waals surface area contributed by atoms with Crippen molar-refractivity contribution in [3.05, 3.63) is 64.9 Å². The highest BCUT2D eigenvalue weighted by Crippen LogP contribution is 2.20. The van der Waals surface area contributed by atoms with Crippen LogP contribution < -0.4 is 10.2 Å². The molecule has 2 aromatic carbocycles. The second kappa shape index (κ2) is 7.53. The third kappa shape index (κ3) is 4.09. The van der Waals surface area contributed by atoms with Crippen molar-refractivity contribution in [1.29, 1.82) is 0 Å². The van der Waals surface area contributed by atoms with Crippen LogP contribution in [-0.4, -0.2) is 36.5 Å². The molecule has 0 aliphatic carbocycles. The normalized spacial score (nSPS) is 14.1. The molecule has 1 N–H and O–H groups in total. The zero-order chi connectivity index (χ0) is 17.8. The van der Waals surface area contributed by atoms with Crippen LogP contribution in [0.3, 0.4) is 0 Å². The SMILES string of the molecule is O=C(CN1CCN(c2ccc(F)cc2)C1=O)NCc1ccccc1Cl. The first-order valence-corrected chi connectivity index (χ1v) is 8.24. The summed E-state index contributed by atoms with van der Waals surface area (Å²) >= 11 is 6.05. The molecule has 1 heterocycles. The third-order valence-corrected chi connectivity index (χ3v) is 4.37. The summed E-state index contributed by atoms with van der Waals surface area (Å²) < 4.78 is 13.0. The predicted octanol–water partition coefficient (Wildman–Crippen LogP) is 3.04. The van der Waals surface area contributed by atoms with E-state index in [-0.39, 0.29) is 24.3 Å². The van der Waals surface area contributed by atoms with Gasteiger partial charge >= 0.3 is 6.03 Å². The van der Waals surface area contributed by atoms with Crippen molar-refractivity contribution in [2.75, 3.05) is 24.5 Å². The number of carbonyl (C=O) groups excluding carboxylic acids is 2. The molecule has 0 bridgehead atoms. The molecular formula is C18H17ClFN3O2. The van der Waals surface area contributed by atoms with E-state index in [0.29, 0.717) is 30.3 Å². The minimum Gasteiger partial charge on any atom is -0.350 e. The molecule has 0 unspecified atom stereocenters. The number of amides is 3. The topological polar surface area (TPSA) is 52.7 Å². The molecule has 2 aromatic rings. The molecule has 1 fully saturated rings. The van der Waals surface area contributed by atoms with Crippen molar-refractivity contribution in [3.8, 4) is 0 Å². The quantitative estimate of drug-likeness (QED) is 0.890. The van der Waals surface area contributed by atoms with Crippen molar-refractivity contribution in [2.45, 2.75) is 6.54 Å². The van der Waals surface area contributed by atoms with Gasteiger partial charge in [0.15, 0.2) is 0 Å². The molecule has 25 heavy (non-hydrogen) atoms. The highest BCUT2D eigenvalue weighted by molar-refractivity contribution is 6.31. The van der Waals surface area contributed by atoms with Crippen LogP contribution in [0.5, 0.6) is 0 Å². The molecule has 3 amide bonds. The Hall–Kier alpha value is -2.60. The van der Waals surface area contributed by atoms with E-state index >= 15 is 0 Å². The maximum Gasteiger partial charge on any atom is 0.325 e. The average molecular weight is 362 g/mol. The summed E-state index contributed by atoms with van der Waals surface area (Å²) in [6.45, 7) is 1.18. The van der Waals surface area contributed by atoms with Crippen LogP contribution in [0.4, 0.5) is 14.9 Å². The number of halogens is 2. The van der Waals surface area contributed by atoms with Crippen LogP contribution in [0.25, 0.3) is 0 Å². The lowest BCUT2D eigenvalue weighted by molar-refractivity contribution is -0.121. The molecule has 5 nitrogen and oxygen atoms in total. The molecule has 0 spiro atoms. The molecule has 1 aliphatic rings. The Labute approximate surface area is 150 Å². The third-order valence-electron chi connectivity index (χ3n) is 4.00. The number of carbonyl (C=O) groups is 2. The summed E-state index contributed by atoms with van der Waals surface area (Å²) in [4.78, 5) is 27.5. The van der Waals surface area contributed by atoms with Crippen molar-refractivity contribution in [3.63, 3.8) is 0 Å².